The molecule has 1 fully saturated rings. The van der Waals surface area contributed by atoms with Crippen molar-refractivity contribution in [3.8, 4) is 0 Å². The Labute approximate surface area is 243 Å². The first kappa shape index (κ1) is 29.8. The third-order valence-electron chi connectivity index (χ3n) is 6.91. The van der Waals surface area contributed by atoms with E-state index in [2.05, 4.69) is 16.0 Å². The smallest absolute Gasteiger partial charge is 0.323 e. The molecule has 0 aliphatic carbocycles. The van der Waals surface area contributed by atoms with Crippen molar-refractivity contribution in [2.45, 2.75) is 32.2 Å². The number of para-hydroxylation sites is 1. The van der Waals surface area contributed by atoms with Crippen molar-refractivity contribution >= 4 is 46.8 Å². The molecule has 0 spiro atoms. The van der Waals surface area contributed by atoms with Gasteiger partial charge in [-0.25, -0.2) is 4.79 Å². The first-order valence-corrected chi connectivity index (χ1v) is 13.6. The Bertz CT molecular complexity index is 1440. The summed E-state index contributed by atoms with van der Waals surface area (Å²) < 4.78 is 0. The van der Waals surface area contributed by atoms with Crippen LogP contribution >= 0.6 is 0 Å². The first-order valence-electron chi connectivity index (χ1n) is 13.6. The Balaban J connectivity index is 1.35. The summed E-state index contributed by atoms with van der Waals surface area (Å²) in [5.41, 5.74) is 3.00. The number of aliphatic carboxylic acids is 1. The molecule has 0 bridgehead atoms. The number of amides is 5. The summed E-state index contributed by atoms with van der Waals surface area (Å²) in [5, 5.41) is 17.5. The second kappa shape index (κ2) is 13.9. The van der Waals surface area contributed by atoms with E-state index in [-0.39, 0.29) is 25.4 Å². The minimum absolute atomic E-state index is 0.136. The van der Waals surface area contributed by atoms with Gasteiger partial charge in [-0.15, -0.1) is 0 Å². The molecule has 0 radical (unpaired) electrons. The van der Waals surface area contributed by atoms with E-state index in [9.17, 15) is 24.0 Å². The summed E-state index contributed by atoms with van der Waals surface area (Å²) in [5.74, 6) is -2.33. The molecule has 1 saturated heterocycles. The van der Waals surface area contributed by atoms with Crippen LogP contribution in [0.4, 0.5) is 21.9 Å². The minimum Gasteiger partial charge on any atom is -0.481 e. The van der Waals surface area contributed by atoms with Gasteiger partial charge in [-0.05, 0) is 67.8 Å². The van der Waals surface area contributed by atoms with Crippen molar-refractivity contribution < 1.29 is 29.1 Å². The number of urea groups is 1. The lowest BCUT2D eigenvalue weighted by Gasteiger charge is -2.28. The molecule has 11 heteroatoms. The van der Waals surface area contributed by atoms with Gasteiger partial charge in [-0.2, -0.15) is 0 Å². The average molecular weight is 572 g/mol. The largest absolute Gasteiger partial charge is 0.481 e. The number of carboxylic acids is 1. The normalized spacial score (nSPS) is 14.1. The predicted molar refractivity (Wildman–Crippen MR) is 158 cm³/mol. The van der Waals surface area contributed by atoms with E-state index >= 15 is 0 Å². The van der Waals surface area contributed by atoms with E-state index in [0.29, 0.717) is 42.0 Å². The van der Waals surface area contributed by atoms with Crippen molar-refractivity contribution in [3.05, 3.63) is 90.0 Å². The zero-order chi connectivity index (χ0) is 30.1. The van der Waals surface area contributed by atoms with Gasteiger partial charge in [0, 0.05) is 35.7 Å². The van der Waals surface area contributed by atoms with Gasteiger partial charge in [-0.1, -0.05) is 36.4 Å². The minimum atomic E-state index is -1.08. The van der Waals surface area contributed by atoms with Gasteiger partial charge >= 0.3 is 12.0 Å². The Hall–Kier alpha value is -5.19. The topological polar surface area (TPSA) is 148 Å². The lowest BCUT2D eigenvalue weighted by molar-refractivity contribution is -0.139. The van der Waals surface area contributed by atoms with Gasteiger partial charge in [0.25, 0.3) is 5.91 Å². The molecule has 4 rings (SSSR count). The van der Waals surface area contributed by atoms with Crippen LogP contribution in [0.2, 0.25) is 0 Å². The Morgan fingerprint density at radius 2 is 1.50 bits per heavy atom. The average Bonchev–Trinajstić information content (AvgIpc) is 3.48. The lowest BCUT2D eigenvalue weighted by atomic mass is 10.1. The van der Waals surface area contributed by atoms with E-state index < -0.39 is 29.9 Å². The summed E-state index contributed by atoms with van der Waals surface area (Å²) in [6.07, 6.45) is 0.761. The van der Waals surface area contributed by atoms with E-state index in [1.807, 2.05) is 25.1 Å². The Kier molecular flexibility index (Phi) is 9.88. The highest BCUT2D eigenvalue weighted by molar-refractivity contribution is 6.01. The number of carbonyl (C=O) groups excluding carboxylic acids is 4. The number of nitrogens with zero attached hydrogens (tertiary/aromatic N) is 2. The van der Waals surface area contributed by atoms with Gasteiger partial charge in [0.2, 0.25) is 11.8 Å². The first-order chi connectivity index (χ1) is 20.2. The van der Waals surface area contributed by atoms with Crippen LogP contribution in [0.5, 0.6) is 0 Å². The van der Waals surface area contributed by atoms with Crippen molar-refractivity contribution in [1.29, 1.82) is 0 Å². The Morgan fingerprint density at radius 1 is 0.857 bits per heavy atom. The maximum absolute atomic E-state index is 13.3. The molecule has 42 heavy (non-hydrogen) atoms. The molecule has 0 saturated carbocycles. The monoisotopic (exact) mass is 571 g/mol. The number of carbonyl (C=O) groups is 5. The number of carboxylic acid groups (broad SMARTS) is 1. The molecule has 1 heterocycles. The number of nitrogens with one attached hydrogen (secondary N) is 3. The number of aryl methyl sites for hydroxylation is 1. The highest BCUT2D eigenvalue weighted by Gasteiger charge is 2.35. The zero-order valence-electron chi connectivity index (χ0n) is 23.2. The molecule has 3 aromatic rings. The van der Waals surface area contributed by atoms with Gasteiger partial charge in [0.15, 0.2) is 0 Å². The molecular formula is C31H33N5O6. The Morgan fingerprint density at radius 3 is 2.17 bits per heavy atom. The zero-order valence-corrected chi connectivity index (χ0v) is 23.2. The van der Waals surface area contributed by atoms with Crippen molar-refractivity contribution in [3.63, 3.8) is 0 Å². The second-order valence-corrected chi connectivity index (χ2v) is 9.94. The van der Waals surface area contributed by atoms with Crippen LogP contribution in [-0.2, 0) is 14.4 Å². The van der Waals surface area contributed by atoms with Gasteiger partial charge in [-0.3, -0.25) is 19.2 Å². The quantitative estimate of drug-likeness (QED) is 0.287. The molecule has 0 unspecified atom stereocenters. The molecule has 1 atom stereocenters. The molecule has 3 aromatic carbocycles. The molecule has 1 aliphatic heterocycles. The van der Waals surface area contributed by atoms with Crippen molar-refractivity contribution in [2.24, 2.45) is 0 Å². The molecule has 0 aromatic heterocycles. The maximum Gasteiger partial charge on any atom is 0.323 e. The lowest BCUT2D eigenvalue weighted by Crippen LogP contribution is -2.48. The van der Waals surface area contributed by atoms with E-state index in [1.165, 1.54) is 9.80 Å². The molecule has 218 valence electrons. The molecule has 5 amide bonds. The third kappa shape index (κ3) is 7.94. The van der Waals surface area contributed by atoms with Crippen LogP contribution in [0.25, 0.3) is 0 Å². The second-order valence-electron chi connectivity index (χ2n) is 9.94. The fourth-order valence-electron chi connectivity index (χ4n) is 4.70. The maximum atomic E-state index is 13.3. The summed E-state index contributed by atoms with van der Waals surface area (Å²) in [6.45, 7) is 1.77. The SMILES string of the molecule is Cc1ccccc1NC(=O)Nc1ccc(NC(=O)[C@@H]2CCCN2C(=O)CN(CCC(=O)O)C(=O)c2ccccc2)cc1. The number of hydrogen-bond acceptors (Lipinski definition) is 5. The number of rotatable bonds is 10. The third-order valence-corrected chi connectivity index (χ3v) is 6.91. The molecule has 11 nitrogen and oxygen atoms in total. The van der Waals surface area contributed by atoms with Gasteiger partial charge < -0.3 is 30.9 Å². The number of hydrogen-bond donors (Lipinski definition) is 4. The standard InChI is InChI=1S/C31H33N5O6/c1-21-8-5-6-11-25(21)34-31(42)33-24-15-13-23(14-16-24)32-29(40)26-12-7-18-36(26)27(37)20-35(19-17-28(38)39)30(41)22-9-3-2-4-10-22/h2-6,8-11,13-16,26H,7,12,17-20H2,1H3,(H,32,40)(H,38,39)(H2,33,34,42)/t26-/m0/s1. The number of benzene rings is 3. The number of anilines is 3. The van der Waals surface area contributed by atoms with Gasteiger partial charge in [0.05, 0.1) is 6.42 Å². The van der Waals surface area contributed by atoms with Crippen molar-refractivity contribution in [1.82, 2.24) is 9.80 Å². The van der Waals surface area contributed by atoms with Crippen LogP contribution in [0.15, 0.2) is 78.9 Å². The highest BCUT2D eigenvalue weighted by atomic mass is 16.4. The number of likely N-dealkylation sites (tertiary alicyclic amines) is 1. The summed E-state index contributed by atoms with van der Waals surface area (Å²) in [7, 11) is 0. The van der Waals surface area contributed by atoms with Gasteiger partial charge in [0.1, 0.15) is 12.6 Å². The fourth-order valence-corrected chi connectivity index (χ4v) is 4.70. The molecule has 1 aliphatic rings. The van der Waals surface area contributed by atoms with Crippen LogP contribution in [0, 0.1) is 6.92 Å². The molecule has 4 N–H and O–H groups in total. The van der Waals surface area contributed by atoms with Crippen LogP contribution in [0.1, 0.15) is 35.2 Å². The van der Waals surface area contributed by atoms with E-state index in [0.717, 1.165) is 5.56 Å². The van der Waals surface area contributed by atoms with E-state index in [1.54, 1.807) is 60.7 Å². The fraction of sp³-hybridized carbons (Fsp3) is 0.258. The summed E-state index contributed by atoms with van der Waals surface area (Å²) in [6, 6.07) is 21.2. The van der Waals surface area contributed by atoms with Crippen LogP contribution < -0.4 is 16.0 Å². The van der Waals surface area contributed by atoms with Crippen LogP contribution in [-0.4, -0.2) is 70.3 Å². The summed E-state index contributed by atoms with van der Waals surface area (Å²) >= 11 is 0. The predicted octanol–water partition coefficient (Wildman–Crippen LogP) is 4.19. The van der Waals surface area contributed by atoms with Crippen LogP contribution in [0.3, 0.4) is 0 Å². The highest BCUT2D eigenvalue weighted by Crippen LogP contribution is 2.22. The molecular weight excluding hydrogens is 538 g/mol. The summed E-state index contributed by atoms with van der Waals surface area (Å²) in [4.78, 5) is 65.6. The van der Waals surface area contributed by atoms with E-state index in [4.69, 9.17) is 5.11 Å². The van der Waals surface area contributed by atoms with Crippen molar-refractivity contribution in [2.75, 3.05) is 35.6 Å².